The van der Waals surface area contributed by atoms with Crippen LogP contribution in [0.5, 0.6) is 5.75 Å². The molecule has 2 aliphatic heterocycles. The summed E-state index contributed by atoms with van der Waals surface area (Å²) in [5, 5.41) is 11.1. The second-order valence-corrected chi connectivity index (χ2v) is 7.96. The van der Waals surface area contributed by atoms with Gasteiger partial charge in [0.2, 0.25) is 5.91 Å². The minimum Gasteiger partial charge on any atom is -0.494 e. The molecule has 0 aliphatic carbocycles. The summed E-state index contributed by atoms with van der Waals surface area (Å²) in [7, 11) is 0. The van der Waals surface area contributed by atoms with E-state index < -0.39 is 0 Å². The maximum Gasteiger partial charge on any atom is 0.244 e. The second kappa shape index (κ2) is 9.82. The van der Waals surface area contributed by atoms with E-state index >= 15 is 0 Å². The van der Waals surface area contributed by atoms with E-state index in [1.807, 2.05) is 11.0 Å². The van der Waals surface area contributed by atoms with E-state index in [2.05, 4.69) is 38.6 Å². The number of carbonyl (C=O) groups is 1. The average Bonchev–Trinajstić information content (AvgIpc) is 3.25. The lowest BCUT2D eigenvalue weighted by molar-refractivity contribution is -0.132. The number of carbonyl (C=O) groups excluding carboxylic acids is 1. The van der Waals surface area contributed by atoms with E-state index in [1.165, 1.54) is 35.8 Å². The van der Waals surface area contributed by atoms with Crippen molar-refractivity contribution in [2.24, 2.45) is 0 Å². The first-order chi connectivity index (χ1) is 14.3. The standard InChI is InChI=1S/C21H30N6O2/c28-21(16-27-17-22-23-24-27)26-11-4-14-29-20-7-3-5-18(15-20)8-9-19-6-1-2-10-25(19)12-13-26/h3,5,7,15,17,19H,1-2,4,6,8-14,16H2. The van der Waals surface area contributed by atoms with Gasteiger partial charge in [0.25, 0.3) is 0 Å². The van der Waals surface area contributed by atoms with Crippen LogP contribution in [0.2, 0.25) is 0 Å². The number of tetrazole rings is 1. The number of fused-ring (bicyclic) bond motifs is 3. The normalized spacial score (nSPS) is 21.7. The molecule has 2 aliphatic rings. The molecule has 0 N–H and O–H groups in total. The first-order valence-electron chi connectivity index (χ1n) is 10.7. The van der Waals surface area contributed by atoms with Crippen molar-refractivity contribution in [3.05, 3.63) is 36.2 Å². The van der Waals surface area contributed by atoms with Crippen molar-refractivity contribution in [3.8, 4) is 5.75 Å². The fourth-order valence-corrected chi connectivity index (χ4v) is 4.35. The summed E-state index contributed by atoms with van der Waals surface area (Å²) in [6, 6.07) is 9.05. The second-order valence-electron chi connectivity index (χ2n) is 7.96. The Morgan fingerprint density at radius 3 is 2.97 bits per heavy atom. The molecular formula is C21H30N6O2. The fourth-order valence-electron chi connectivity index (χ4n) is 4.35. The minimum absolute atomic E-state index is 0.0555. The Morgan fingerprint density at radius 2 is 2.07 bits per heavy atom. The van der Waals surface area contributed by atoms with E-state index in [1.54, 1.807) is 0 Å². The third-order valence-corrected chi connectivity index (χ3v) is 5.95. The van der Waals surface area contributed by atoms with Crippen LogP contribution in [0, 0.1) is 0 Å². The molecule has 1 saturated heterocycles. The van der Waals surface area contributed by atoms with E-state index in [0.29, 0.717) is 19.2 Å². The van der Waals surface area contributed by atoms with Crippen LogP contribution >= 0.6 is 0 Å². The molecule has 0 radical (unpaired) electrons. The number of aromatic nitrogens is 4. The van der Waals surface area contributed by atoms with Crippen LogP contribution in [0.15, 0.2) is 30.6 Å². The topological polar surface area (TPSA) is 76.4 Å². The third-order valence-electron chi connectivity index (χ3n) is 5.95. The fraction of sp³-hybridized carbons (Fsp3) is 0.619. The third kappa shape index (κ3) is 5.53. The Labute approximate surface area is 171 Å². The van der Waals surface area contributed by atoms with Crippen molar-refractivity contribution in [3.63, 3.8) is 0 Å². The summed E-state index contributed by atoms with van der Waals surface area (Å²) in [6.07, 6.45) is 8.30. The van der Waals surface area contributed by atoms with Gasteiger partial charge in [0.1, 0.15) is 18.6 Å². The number of piperidine rings is 1. The number of rotatable bonds is 2. The molecule has 8 heteroatoms. The van der Waals surface area contributed by atoms with Crippen molar-refractivity contribution < 1.29 is 9.53 Å². The zero-order valence-corrected chi connectivity index (χ0v) is 16.9. The monoisotopic (exact) mass is 398 g/mol. The highest BCUT2D eigenvalue weighted by atomic mass is 16.5. The molecule has 29 heavy (non-hydrogen) atoms. The number of amides is 1. The van der Waals surface area contributed by atoms with Gasteiger partial charge in [-0.25, -0.2) is 4.68 Å². The SMILES string of the molecule is O=C(Cn1cnnn1)N1CCCOc2cccc(c2)CCC2CCCCN2CC1. The van der Waals surface area contributed by atoms with Crippen molar-refractivity contribution in [2.45, 2.75) is 51.1 Å². The first-order valence-corrected chi connectivity index (χ1v) is 10.7. The number of benzene rings is 1. The molecule has 1 aromatic carbocycles. The molecule has 1 atom stereocenters. The van der Waals surface area contributed by atoms with Crippen molar-refractivity contribution in [1.29, 1.82) is 0 Å². The van der Waals surface area contributed by atoms with Gasteiger partial charge in [0.05, 0.1) is 6.61 Å². The van der Waals surface area contributed by atoms with Crippen molar-refractivity contribution >= 4 is 5.91 Å². The number of nitrogens with zero attached hydrogens (tertiary/aromatic N) is 6. The zero-order valence-electron chi connectivity index (χ0n) is 16.9. The largest absolute Gasteiger partial charge is 0.494 e. The molecule has 1 amide bonds. The van der Waals surface area contributed by atoms with Crippen molar-refractivity contribution in [2.75, 3.05) is 32.8 Å². The lowest BCUT2D eigenvalue weighted by Gasteiger charge is -2.37. The lowest BCUT2D eigenvalue weighted by Crippen LogP contribution is -2.46. The van der Waals surface area contributed by atoms with E-state index in [-0.39, 0.29) is 12.5 Å². The average molecular weight is 399 g/mol. The Hall–Kier alpha value is -2.48. The Kier molecular flexibility index (Phi) is 6.71. The number of hydrogen-bond acceptors (Lipinski definition) is 6. The van der Waals surface area contributed by atoms with Gasteiger partial charge in [-0.1, -0.05) is 18.6 Å². The number of ether oxygens (including phenoxy) is 1. The minimum atomic E-state index is 0.0555. The maximum absolute atomic E-state index is 12.9. The number of aryl methyl sites for hydroxylation is 1. The summed E-state index contributed by atoms with van der Waals surface area (Å²) in [4.78, 5) is 17.4. The predicted octanol–water partition coefficient (Wildman–Crippen LogP) is 1.77. The molecule has 1 fully saturated rings. The molecule has 4 rings (SSSR count). The first kappa shape index (κ1) is 19.8. The van der Waals surface area contributed by atoms with E-state index in [9.17, 15) is 4.79 Å². The summed E-state index contributed by atoms with van der Waals surface area (Å²) < 4.78 is 7.43. The molecule has 3 heterocycles. The molecule has 156 valence electrons. The zero-order chi connectivity index (χ0) is 19.9. The summed E-state index contributed by atoms with van der Waals surface area (Å²) in [5.41, 5.74) is 1.35. The Morgan fingerprint density at radius 1 is 1.10 bits per heavy atom. The lowest BCUT2D eigenvalue weighted by atomic mass is 9.95. The van der Waals surface area contributed by atoms with Gasteiger partial charge in [-0.15, -0.1) is 5.10 Å². The van der Waals surface area contributed by atoms with E-state index in [0.717, 1.165) is 44.6 Å². The van der Waals surface area contributed by atoms with Crippen molar-refractivity contribution in [1.82, 2.24) is 30.0 Å². The summed E-state index contributed by atoms with van der Waals surface area (Å²) >= 11 is 0. The van der Waals surface area contributed by atoms with Gasteiger partial charge >= 0.3 is 0 Å². The van der Waals surface area contributed by atoms with Gasteiger partial charge < -0.3 is 9.64 Å². The van der Waals surface area contributed by atoms with Gasteiger partial charge in [-0.2, -0.15) is 0 Å². The highest BCUT2D eigenvalue weighted by Crippen LogP contribution is 2.23. The molecule has 1 unspecified atom stereocenters. The smallest absolute Gasteiger partial charge is 0.244 e. The molecule has 0 spiro atoms. The van der Waals surface area contributed by atoms with E-state index in [4.69, 9.17) is 4.74 Å². The van der Waals surface area contributed by atoms with Crippen LogP contribution in [-0.4, -0.2) is 74.7 Å². The molecule has 2 bridgehead atoms. The van der Waals surface area contributed by atoms with Gasteiger partial charge in [0, 0.05) is 25.7 Å². The predicted molar refractivity (Wildman–Crippen MR) is 108 cm³/mol. The number of hydrogen-bond donors (Lipinski definition) is 0. The van der Waals surface area contributed by atoms with Crippen LogP contribution in [-0.2, 0) is 17.8 Å². The molecular weight excluding hydrogens is 368 g/mol. The van der Waals surface area contributed by atoms with Gasteiger partial charge in [0.15, 0.2) is 0 Å². The highest BCUT2D eigenvalue weighted by molar-refractivity contribution is 5.75. The molecule has 0 saturated carbocycles. The molecule has 2 aromatic rings. The van der Waals surface area contributed by atoms with Crippen LogP contribution in [0.3, 0.4) is 0 Å². The highest BCUT2D eigenvalue weighted by Gasteiger charge is 2.24. The van der Waals surface area contributed by atoms with Crippen LogP contribution in [0.4, 0.5) is 0 Å². The molecule has 8 nitrogen and oxygen atoms in total. The van der Waals surface area contributed by atoms with Gasteiger partial charge in [-0.3, -0.25) is 9.69 Å². The quantitative estimate of drug-likeness (QED) is 0.767. The summed E-state index contributed by atoms with van der Waals surface area (Å²) in [6.45, 7) is 4.25. The molecule has 1 aromatic heterocycles. The maximum atomic E-state index is 12.9. The van der Waals surface area contributed by atoms with Crippen LogP contribution in [0.1, 0.15) is 37.7 Å². The van der Waals surface area contributed by atoms with Crippen LogP contribution < -0.4 is 4.74 Å². The van der Waals surface area contributed by atoms with Gasteiger partial charge in [-0.05, 0) is 66.8 Å². The van der Waals surface area contributed by atoms with Crippen LogP contribution in [0.25, 0.3) is 0 Å². The Balaban J connectivity index is 1.46. The summed E-state index contributed by atoms with van der Waals surface area (Å²) in [5.74, 6) is 0.978. The Bertz CT molecular complexity index is 781.